The predicted octanol–water partition coefficient (Wildman–Crippen LogP) is 2.73. The summed E-state index contributed by atoms with van der Waals surface area (Å²) in [5.41, 5.74) is 0.00231. The lowest BCUT2D eigenvalue weighted by Gasteiger charge is -2.22. The van der Waals surface area contributed by atoms with Crippen LogP contribution in [-0.2, 0) is 0 Å². The average molecular weight is 185 g/mol. The molecule has 0 aromatic heterocycles. The molecule has 0 radical (unpaired) electrons. The smallest absolute Gasteiger partial charge is 0.209 e. The average Bonchev–Trinajstić information content (AvgIpc) is 2.27. The van der Waals surface area contributed by atoms with Gasteiger partial charge in [0.05, 0.1) is 0 Å². The van der Waals surface area contributed by atoms with Crippen LogP contribution in [0.5, 0.6) is 0 Å². The second-order valence-electron chi connectivity index (χ2n) is 4.71. The summed E-state index contributed by atoms with van der Waals surface area (Å²) < 4.78 is 0. The Balaban J connectivity index is 2.67. The molecule has 0 aromatic rings. The molecule has 3 heteroatoms. The second kappa shape index (κ2) is 3.64. The van der Waals surface area contributed by atoms with Crippen LogP contribution in [0, 0.1) is 27.4 Å². The van der Waals surface area contributed by atoms with E-state index in [1.54, 1.807) is 0 Å². The van der Waals surface area contributed by atoms with Gasteiger partial charge < -0.3 is 0 Å². The lowest BCUT2D eigenvalue weighted by atomic mass is 9.82. The third-order valence-corrected chi connectivity index (χ3v) is 3.70. The Labute approximate surface area is 79.7 Å². The molecule has 0 N–H and O–H groups in total. The molecular weight excluding hydrogens is 166 g/mol. The molecule has 1 saturated carbocycles. The molecule has 0 aliphatic heterocycles. The summed E-state index contributed by atoms with van der Waals surface area (Å²) in [5, 5.41) is 10.5. The van der Waals surface area contributed by atoms with E-state index < -0.39 is 0 Å². The van der Waals surface area contributed by atoms with Crippen LogP contribution in [-0.4, -0.2) is 11.5 Å². The molecule has 0 unspecified atom stereocenters. The molecule has 3 nitrogen and oxygen atoms in total. The number of hydrogen-bond acceptors (Lipinski definition) is 2. The highest BCUT2D eigenvalue weighted by Gasteiger charge is 2.43. The first-order valence-corrected chi connectivity index (χ1v) is 5.11. The first-order valence-electron chi connectivity index (χ1n) is 5.11. The largest absolute Gasteiger partial charge is 0.265 e. The molecule has 0 aromatic carbocycles. The summed E-state index contributed by atoms with van der Waals surface area (Å²) in [7, 11) is 0. The zero-order valence-corrected chi connectivity index (χ0v) is 8.75. The highest BCUT2D eigenvalue weighted by molar-refractivity contribution is 4.89. The van der Waals surface area contributed by atoms with Crippen molar-refractivity contribution in [3.8, 4) is 0 Å². The van der Waals surface area contributed by atoms with Crippen LogP contribution in [0.4, 0.5) is 0 Å². The van der Waals surface area contributed by atoms with Crippen molar-refractivity contribution in [1.29, 1.82) is 0 Å². The minimum atomic E-state index is -0.145. The van der Waals surface area contributed by atoms with Crippen molar-refractivity contribution >= 4 is 0 Å². The summed E-state index contributed by atoms with van der Waals surface area (Å²) in [4.78, 5) is 10.4. The van der Waals surface area contributed by atoms with Gasteiger partial charge in [-0.25, -0.2) is 0 Å². The van der Waals surface area contributed by atoms with Crippen molar-refractivity contribution in [1.82, 2.24) is 0 Å². The van der Waals surface area contributed by atoms with Crippen molar-refractivity contribution in [2.45, 2.75) is 40.0 Å². The number of hydrogen-bond donors (Lipinski definition) is 0. The Morgan fingerprint density at radius 2 is 1.85 bits per heavy atom. The van der Waals surface area contributed by atoms with Gasteiger partial charge in [0, 0.05) is 10.3 Å². The predicted molar refractivity (Wildman–Crippen MR) is 52.1 cm³/mol. The molecule has 0 amide bonds. The van der Waals surface area contributed by atoms with Gasteiger partial charge in [-0.05, 0) is 31.1 Å². The number of nitro groups is 1. The van der Waals surface area contributed by atoms with Gasteiger partial charge in [0.25, 0.3) is 0 Å². The third-order valence-electron chi connectivity index (χ3n) is 3.70. The first-order chi connectivity index (χ1) is 5.99. The van der Waals surface area contributed by atoms with E-state index in [1.807, 2.05) is 0 Å². The first kappa shape index (κ1) is 10.5. The van der Waals surface area contributed by atoms with Crippen molar-refractivity contribution < 1.29 is 4.92 Å². The Bertz CT molecular complexity index is 193. The fourth-order valence-electron chi connectivity index (χ4n) is 2.66. The standard InChI is InChI=1S/C10H19NO2/c1-4-10(7-11(12)13)5-8(2)9(3)6-10/h8-9H,4-7H2,1-3H3/t8-,9-/m1/s1. The van der Waals surface area contributed by atoms with Crippen LogP contribution in [0.1, 0.15) is 40.0 Å². The van der Waals surface area contributed by atoms with Crippen molar-refractivity contribution in [3.63, 3.8) is 0 Å². The molecule has 0 spiro atoms. The van der Waals surface area contributed by atoms with Crippen LogP contribution < -0.4 is 0 Å². The third kappa shape index (κ3) is 2.20. The molecule has 1 rings (SSSR count). The Kier molecular flexibility index (Phi) is 2.94. The van der Waals surface area contributed by atoms with E-state index >= 15 is 0 Å². The normalized spacial score (nSPS) is 31.9. The quantitative estimate of drug-likeness (QED) is 0.501. The summed E-state index contributed by atoms with van der Waals surface area (Å²) in [6.45, 7) is 6.66. The van der Waals surface area contributed by atoms with Gasteiger partial charge in [-0.3, -0.25) is 10.1 Å². The molecule has 1 aliphatic rings. The Morgan fingerprint density at radius 1 is 1.38 bits per heavy atom. The van der Waals surface area contributed by atoms with Crippen molar-refractivity contribution in [3.05, 3.63) is 10.1 Å². The second-order valence-corrected chi connectivity index (χ2v) is 4.71. The van der Waals surface area contributed by atoms with E-state index in [0.717, 1.165) is 19.3 Å². The molecule has 0 bridgehead atoms. The highest BCUT2D eigenvalue weighted by atomic mass is 16.6. The molecule has 0 heterocycles. The van der Waals surface area contributed by atoms with Gasteiger partial charge in [0.2, 0.25) is 6.54 Å². The van der Waals surface area contributed by atoms with Gasteiger partial charge in [0.1, 0.15) is 0 Å². The van der Waals surface area contributed by atoms with Gasteiger partial charge in [0.15, 0.2) is 0 Å². The number of rotatable bonds is 3. The Morgan fingerprint density at radius 3 is 2.15 bits per heavy atom. The fourth-order valence-corrected chi connectivity index (χ4v) is 2.66. The van der Waals surface area contributed by atoms with E-state index in [2.05, 4.69) is 20.8 Å². The monoisotopic (exact) mass is 185 g/mol. The molecular formula is C10H19NO2. The van der Waals surface area contributed by atoms with Gasteiger partial charge in [-0.1, -0.05) is 20.8 Å². The van der Waals surface area contributed by atoms with Crippen LogP contribution in [0.3, 0.4) is 0 Å². The zero-order chi connectivity index (χ0) is 10.1. The minimum absolute atomic E-state index is 0.00231. The zero-order valence-electron chi connectivity index (χ0n) is 8.75. The lowest BCUT2D eigenvalue weighted by Crippen LogP contribution is -2.26. The van der Waals surface area contributed by atoms with Crippen LogP contribution in [0.15, 0.2) is 0 Å². The van der Waals surface area contributed by atoms with Gasteiger partial charge in [-0.15, -0.1) is 0 Å². The molecule has 2 atom stereocenters. The number of nitrogens with zero attached hydrogens (tertiary/aromatic N) is 1. The minimum Gasteiger partial charge on any atom is -0.265 e. The van der Waals surface area contributed by atoms with Crippen LogP contribution in [0.2, 0.25) is 0 Å². The molecule has 13 heavy (non-hydrogen) atoms. The van der Waals surface area contributed by atoms with E-state index in [9.17, 15) is 10.1 Å². The van der Waals surface area contributed by atoms with Crippen LogP contribution >= 0.6 is 0 Å². The van der Waals surface area contributed by atoms with Crippen molar-refractivity contribution in [2.24, 2.45) is 17.3 Å². The maximum atomic E-state index is 10.5. The summed E-state index contributed by atoms with van der Waals surface area (Å²) in [6.07, 6.45) is 3.01. The molecule has 1 fully saturated rings. The van der Waals surface area contributed by atoms with E-state index in [-0.39, 0.29) is 16.9 Å². The summed E-state index contributed by atoms with van der Waals surface area (Å²) in [6, 6.07) is 0. The summed E-state index contributed by atoms with van der Waals surface area (Å²) >= 11 is 0. The fraction of sp³-hybridized carbons (Fsp3) is 1.00. The molecule has 1 aliphatic carbocycles. The van der Waals surface area contributed by atoms with E-state index in [1.165, 1.54) is 0 Å². The maximum Gasteiger partial charge on any atom is 0.209 e. The molecule has 0 saturated heterocycles. The molecule has 76 valence electrons. The highest BCUT2D eigenvalue weighted by Crippen LogP contribution is 2.47. The maximum absolute atomic E-state index is 10.5. The van der Waals surface area contributed by atoms with E-state index in [0.29, 0.717) is 11.8 Å². The van der Waals surface area contributed by atoms with Crippen LogP contribution in [0.25, 0.3) is 0 Å². The van der Waals surface area contributed by atoms with Crippen molar-refractivity contribution in [2.75, 3.05) is 6.54 Å². The lowest BCUT2D eigenvalue weighted by molar-refractivity contribution is -0.497. The topological polar surface area (TPSA) is 43.1 Å². The van der Waals surface area contributed by atoms with E-state index in [4.69, 9.17) is 0 Å². The van der Waals surface area contributed by atoms with Gasteiger partial charge in [-0.2, -0.15) is 0 Å². The SMILES string of the molecule is CCC1(C[N+](=O)[O-])C[C@@H](C)[C@H](C)C1. The summed E-state index contributed by atoms with van der Waals surface area (Å²) in [5.74, 6) is 1.31. The Hall–Kier alpha value is -0.600. The van der Waals surface area contributed by atoms with Gasteiger partial charge >= 0.3 is 0 Å².